The predicted molar refractivity (Wildman–Crippen MR) is 91.4 cm³/mol. The van der Waals surface area contributed by atoms with Gasteiger partial charge in [-0.25, -0.2) is 0 Å². The minimum absolute atomic E-state index is 0.0860. The molecule has 0 bridgehead atoms. The van der Waals surface area contributed by atoms with Crippen LogP contribution >= 0.6 is 0 Å². The number of ether oxygens (including phenoxy) is 2. The van der Waals surface area contributed by atoms with Gasteiger partial charge in [0.2, 0.25) is 12.7 Å². The Morgan fingerprint density at radius 2 is 1.84 bits per heavy atom. The van der Waals surface area contributed by atoms with Crippen molar-refractivity contribution in [1.29, 1.82) is 5.26 Å². The van der Waals surface area contributed by atoms with Crippen LogP contribution in [-0.4, -0.2) is 18.5 Å². The molecular weight excluding hydrogens is 320 g/mol. The number of Topliss-reactive ketones (excluding diaryl/α,β-unsaturated/α-hetero) is 1. The lowest BCUT2D eigenvalue weighted by Crippen LogP contribution is -2.11. The van der Waals surface area contributed by atoms with E-state index >= 15 is 0 Å². The summed E-state index contributed by atoms with van der Waals surface area (Å²) < 4.78 is 10.5. The van der Waals surface area contributed by atoms with Gasteiger partial charge in [0.25, 0.3) is 0 Å². The van der Waals surface area contributed by atoms with E-state index < -0.39 is 0 Å². The highest BCUT2D eigenvalue weighted by molar-refractivity contribution is 6.08. The number of hydrogen-bond acceptors (Lipinski definition) is 5. The summed E-state index contributed by atoms with van der Waals surface area (Å²) in [6.07, 6.45) is 2.98. The second-order valence-corrected chi connectivity index (χ2v) is 5.36. The molecule has 25 heavy (non-hydrogen) atoms. The Kier molecular flexibility index (Phi) is 4.48. The maximum Gasteiger partial charge on any atom is 0.248 e. The molecule has 0 saturated heterocycles. The van der Waals surface area contributed by atoms with Crippen LogP contribution in [0.1, 0.15) is 28.4 Å². The van der Waals surface area contributed by atoms with Gasteiger partial charge in [0.15, 0.2) is 17.3 Å². The van der Waals surface area contributed by atoms with Crippen LogP contribution in [0.15, 0.2) is 42.5 Å². The number of hydrogen-bond donors (Lipinski definition) is 1. The van der Waals surface area contributed by atoms with E-state index in [1.807, 2.05) is 6.07 Å². The number of ketones is 1. The molecule has 2 aromatic carbocycles. The Labute approximate surface area is 144 Å². The van der Waals surface area contributed by atoms with Gasteiger partial charge in [-0.15, -0.1) is 0 Å². The molecule has 1 heterocycles. The molecule has 0 aromatic heterocycles. The lowest BCUT2D eigenvalue weighted by molar-refractivity contribution is -0.111. The molecule has 0 spiro atoms. The predicted octanol–water partition coefficient (Wildman–Crippen LogP) is 3.14. The number of carbonyl (C=O) groups excluding carboxylic acids is 2. The summed E-state index contributed by atoms with van der Waals surface area (Å²) in [4.78, 5) is 23.9. The normalized spacial score (nSPS) is 12.0. The first-order valence-electron chi connectivity index (χ1n) is 7.50. The van der Waals surface area contributed by atoms with Gasteiger partial charge in [-0.3, -0.25) is 9.59 Å². The molecule has 1 amide bonds. The lowest BCUT2D eigenvalue weighted by atomic mass is 10.1. The third kappa shape index (κ3) is 3.67. The minimum atomic E-state index is -0.384. The Hall–Kier alpha value is -3.59. The summed E-state index contributed by atoms with van der Waals surface area (Å²) in [5.74, 6) is 0.392. The third-order valence-electron chi connectivity index (χ3n) is 3.62. The number of amides is 1. The fourth-order valence-electron chi connectivity index (χ4n) is 2.35. The second-order valence-electron chi connectivity index (χ2n) is 5.36. The van der Waals surface area contributed by atoms with Crippen molar-refractivity contribution in [2.45, 2.75) is 6.92 Å². The van der Waals surface area contributed by atoms with E-state index in [1.54, 1.807) is 42.5 Å². The van der Waals surface area contributed by atoms with Crippen molar-refractivity contribution in [3.8, 4) is 17.6 Å². The Morgan fingerprint density at radius 1 is 1.16 bits per heavy atom. The Balaban J connectivity index is 1.77. The van der Waals surface area contributed by atoms with Gasteiger partial charge in [-0.2, -0.15) is 5.26 Å². The number of fused-ring (bicyclic) bond motifs is 1. The zero-order valence-corrected chi connectivity index (χ0v) is 13.4. The van der Waals surface area contributed by atoms with E-state index in [1.165, 1.54) is 13.0 Å². The van der Waals surface area contributed by atoms with Gasteiger partial charge in [0.05, 0.1) is 17.3 Å². The largest absolute Gasteiger partial charge is 0.454 e. The van der Waals surface area contributed by atoms with Crippen molar-refractivity contribution >= 4 is 23.5 Å². The average molecular weight is 334 g/mol. The average Bonchev–Trinajstić information content (AvgIpc) is 3.07. The van der Waals surface area contributed by atoms with Crippen LogP contribution in [-0.2, 0) is 4.79 Å². The van der Waals surface area contributed by atoms with Crippen LogP contribution in [0.4, 0.5) is 5.69 Å². The van der Waals surface area contributed by atoms with Gasteiger partial charge < -0.3 is 14.8 Å². The quantitative estimate of drug-likeness (QED) is 0.685. The molecule has 3 rings (SSSR count). The van der Waals surface area contributed by atoms with Crippen molar-refractivity contribution in [2.75, 3.05) is 12.1 Å². The molecule has 124 valence electrons. The highest BCUT2D eigenvalue weighted by Crippen LogP contribution is 2.37. The van der Waals surface area contributed by atoms with E-state index in [9.17, 15) is 9.59 Å². The van der Waals surface area contributed by atoms with Crippen molar-refractivity contribution in [3.05, 3.63) is 59.2 Å². The molecule has 1 aliphatic heterocycles. The fraction of sp³-hybridized carbons (Fsp3) is 0.105. The van der Waals surface area contributed by atoms with E-state index in [2.05, 4.69) is 5.32 Å². The van der Waals surface area contributed by atoms with Gasteiger partial charge in [0, 0.05) is 17.7 Å². The molecular formula is C19H14N2O4. The molecule has 0 radical (unpaired) electrons. The first-order chi connectivity index (χ1) is 12.1. The molecule has 0 atom stereocenters. The van der Waals surface area contributed by atoms with Crippen molar-refractivity contribution in [1.82, 2.24) is 0 Å². The van der Waals surface area contributed by atoms with Gasteiger partial charge >= 0.3 is 0 Å². The fourth-order valence-corrected chi connectivity index (χ4v) is 2.35. The third-order valence-corrected chi connectivity index (χ3v) is 3.62. The van der Waals surface area contributed by atoms with Crippen molar-refractivity contribution in [3.63, 3.8) is 0 Å². The van der Waals surface area contributed by atoms with Gasteiger partial charge in [-0.05, 0) is 36.8 Å². The molecule has 6 nitrogen and oxygen atoms in total. The summed E-state index contributed by atoms with van der Waals surface area (Å²) in [7, 11) is 0. The first-order valence-corrected chi connectivity index (χ1v) is 7.50. The Morgan fingerprint density at radius 3 is 2.48 bits per heavy atom. The number of carbonyl (C=O) groups is 2. The number of nitriles is 1. The van der Waals surface area contributed by atoms with Crippen LogP contribution in [0.25, 0.3) is 6.08 Å². The number of anilines is 1. The zero-order valence-electron chi connectivity index (χ0n) is 13.4. The minimum Gasteiger partial charge on any atom is -0.454 e. The van der Waals surface area contributed by atoms with E-state index in [0.29, 0.717) is 28.3 Å². The van der Waals surface area contributed by atoms with Gasteiger partial charge in [-0.1, -0.05) is 12.1 Å². The topological polar surface area (TPSA) is 88.4 Å². The summed E-state index contributed by atoms with van der Waals surface area (Å²) in [6, 6.07) is 12.0. The Bertz CT molecular complexity index is 908. The monoisotopic (exact) mass is 334 g/mol. The van der Waals surface area contributed by atoms with Gasteiger partial charge in [0.1, 0.15) is 0 Å². The number of nitrogens with one attached hydrogen (secondary N) is 1. The smallest absolute Gasteiger partial charge is 0.248 e. The lowest BCUT2D eigenvalue weighted by Gasteiger charge is -2.09. The molecule has 1 N–H and O–H groups in total. The molecule has 0 aliphatic carbocycles. The summed E-state index contributed by atoms with van der Waals surface area (Å²) in [5, 5.41) is 11.4. The SMILES string of the molecule is CC(=O)c1cc2c(cc1NC(=O)/C=C/c1ccc(C#N)cc1)OCO2. The zero-order chi connectivity index (χ0) is 17.8. The van der Waals surface area contributed by atoms with Crippen LogP contribution in [0.5, 0.6) is 11.5 Å². The van der Waals surface area contributed by atoms with E-state index in [-0.39, 0.29) is 18.5 Å². The molecule has 2 aromatic rings. The molecule has 0 saturated carbocycles. The second kappa shape index (κ2) is 6.89. The maximum absolute atomic E-state index is 12.2. The molecule has 0 unspecified atom stereocenters. The number of rotatable bonds is 4. The van der Waals surface area contributed by atoms with E-state index in [0.717, 1.165) is 5.56 Å². The standard InChI is InChI=1S/C19H14N2O4/c1-12(22)15-8-17-18(25-11-24-17)9-16(15)21-19(23)7-6-13-2-4-14(10-20)5-3-13/h2-9H,11H2,1H3,(H,21,23)/b7-6+. The molecule has 0 fully saturated rings. The molecule has 1 aliphatic rings. The van der Waals surface area contributed by atoms with Crippen LogP contribution in [0.3, 0.4) is 0 Å². The summed E-state index contributed by atoms with van der Waals surface area (Å²) in [5.41, 5.74) is 2.05. The van der Waals surface area contributed by atoms with Crippen LogP contribution in [0.2, 0.25) is 0 Å². The summed E-state index contributed by atoms with van der Waals surface area (Å²) >= 11 is 0. The highest BCUT2D eigenvalue weighted by atomic mass is 16.7. The summed E-state index contributed by atoms with van der Waals surface area (Å²) in [6.45, 7) is 1.50. The molecule has 6 heteroatoms. The number of nitrogens with zero attached hydrogens (tertiary/aromatic N) is 1. The highest BCUT2D eigenvalue weighted by Gasteiger charge is 2.19. The number of benzene rings is 2. The van der Waals surface area contributed by atoms with Crippen LogP contribution < -0.4 is 14.8 Å². The van der Waals surface area contributed by atoms with E-state index in [4.69, 9.17) is 14.7 Å². The maximum atomic E-state index is 12.2. The van der Waals surface area contributed by atoms with Crippen LogP contribution in [0, 0.1) is 11.3 Å². The van der Waals surface area contributed by atoms with Crippen molar-refractivity contribution in [2.24, 2.45) is 0 Å². The van der Waals surface area contributed by atoms with Crippen molar-refractivity contribution < 1.29 is 19.1 Å². The first kappa shape index (κ1) is 16.3.